The van der Waals surface area contributed by atoms with Crippen LogP contribution in [0, 0.1) is 0 Å². The molecule has 0 heterocycles. The second-order valence-electron chi connectivity index (χ2n) is 2.13. The molecule has 8 heteroatoms. The average molecular weight is 392 g/mol. The second-order valence-corrected chi connectivity index (χ2v) is 5.47. The zero-order valence-electron chi connectivity index (χ0n) is 7.66. The quantitative estimate of drug-likeness (QED) is 0.353. The number of hydrogen-bond donors (Lipinski definition) is 0. The van der Waals surface area contributed by atoms with E-state index >= 15 is 0 Å². The summed E-state index contributed by atoms with van der Waals surface area (Å²) in [6, 6.07) is 4.19. The van der Waals surface area contributed by atoms with Crippen LogP contribution in [-0.4, -0.2) is 0 Å². The molecule has 0 aliphatic heterocycles. The molecule has 0 aliphatic rings. The SMILES string of the molecule is [K+].[K+].[O-][P+]([O-])([O-])c1cc(Br)cc(Br)c1. The summed E-state index contributed by atoms with van der Waals surface area (Å²) in [6.45, 7) is 0. The molecule has 1 aromatic rings. The largest absolute Gasteiger partial charge is 1.00 e. The van der Waals surface area contributed by atoms with Crippen molar-refractivity contribution in [2.45, 2.75) is 0 Å². The first-order valence-electron chi connectivity index (χ1n) is 2.88. The maximum absolute atomic E-state index is 10.6. The van der Waals surface area contributed by atoms with E-state index in [4.69, 9.17) is 0 Å². The Labute approximate surface area is 185 Å². The Morgan fingerprint density at radius 2 is 1.21 bits per heavy atom. The second kappa shape index (κ2) is 8.79. The van der Waals surface area contributed by atoms with Crippen LogP contribution < -0.4 is 123 Å². The Morgan fingerprint density at radius 1 is 0.857 bits per heavy atom. The van der Waals surface area contributed by atoms with Crippen molar-refractivity contribution in [3.8, 4) is 0 Å². The van der Waals surface area contributed by atoms with Crippen molar-refractivity contribution in [3.63, 3.8) is 0 Å². The molecule has 0 radical (unpaired) electrons. The third-order valence-electron chi connectivity index (χ3n) is 1.16. The van der Waals surface area contributed by atoms with Crippen LogP contribution in [0.3, 0.4) is 0 Å². The molecular weight excluding hydrogens is 389 g/mol. The monoisotopic (exact) mass is 390 g/mol. The Bertz CT molecular complexity index is 285. The molecule has 0 aromatic heterocycles. The molecule has 0 aliphatic carbocycles. The van der Waals surface area contributed by atoms with Crippen LogP contribution in [0.15, 0.2) is 27.1 Å². The van der Waals surface area contributed by atoms with E-state index in [-0.39, 0.29) is 108 Å². The minimum atomic E-state index is -4.63. The fraction of sp³-hybridized carbons (Fsp3) is 0. The topological polar surface area (TPSA) is 69.2 Å². The van der Waals surface area contributed by atoms with E-state index in [2.05, 4.69) is 31.9 Å². The summed E-state index contributed by atoms with van der Waals surface area (Å²) in [4.78, 5) is 31.7. The van der Waals surface area contributed by atoms with Crippen LogP contribution in [0.5, 0.6) is 0 Å². The smallest absolute Gasteiger partial charge is 0.683 e. The summed E-state index contributed by atoms with van der Waals surface area (Å²) >= 11 is 6.15. The number of hydrogen-bond acceptors (Lipinski definition) is 3. The van der Waals surface area contributed by atoms with Crippen LogP contribution in [0.4, 0.5) is 0 Å². The van der Waals surface area contributed by atoms with Crippen molar-refractivity contribution < 1.29 is 117 Å². The van der Waals surface area contributed by atoms with Gasteiger partial charge in [-0.05, 0) is 18.2 Å². The Morgan fingerprint density at radius 3 is 1.50 bits per heavy atom. The normalized spacial score (nSPS) is 10.1. The summed E-state index contributed by atoms with van der Waals surface area (Å²) in [7, 11) is -4.63. The molecular formula is C6H3Br2K2O3P. The number of rotatable bonds is 1. The van der Waals surface area contributed by atoms with Gasteiger partial charge in [0.25, 0.3) is 0 Å². The molecule has 0 amide bonds. The molecule has 0 bridgehead atoms. The Hall–Kier alpha value is 3.76. The van der Waals surface area contributed by atoms with E-state index in [1.165, 1.54) is 12.1 Å². The van der Waals surface area contributed by atoms with Crippen LogP contribution in [-0.2, 0) is 0 Å². The van der Waals surface area contributed by atoms with E-state index in [9.17, 15) is 14.7 Å². The van der Waals surface area contributed by atoms with Crippen molar-refractivity contribution in [2.24, 2.45) is 0 Å². The molecule has 66 valence electrons. The number of benzene rings is 1. The first-order chi connectivity index (χ1) is 5.39. The van der Waals surface area contributed by atoms with E-state index in [1.54, 1.807) is 6.07 Å². The Kier molecular flexibility index (Phi) is 12.6. The summed E-state index contributed by atoms with van der Waals surface area (Å²) in [5.41, 5.74) is 0. The fourth-order valence-corrected chi connectivity index (χ4v) is 2.94. The maximum Gasteiger partial charge on any atom is 1.00 e. The molecule has 0 spiro atoms. The zero-order chi connectivity index (χ0) is 9.35. The van der Waals surface area contributed by atoms with Gasteiger partial charge in [0.15, 0.2) is 0 Å². The van der Waals surface area contributed by atoms with Gasteiger partial charge in [0.05, 0.1) is 5.30 Å². The van der Waals surface area contributed by atoms with Gasteiger partial charge in [-0.2, -0.15) is 0 Å². The van der Waals surface area contributed by atoms with Gasteiger partial charge in [-0.1, -0.05) is 31.9 Å². The van der Waals surface area contributed by atoms with Crippen molar-refractivity contribution in [1.82, 2.24) is 0 Å². The summed E-state index contributed by atoms with van der Waals surface area (Å²) in [5.74, 6) is 0. The molecule has 0 atom stereocenters. The van der Waals surface area contributed by atoms with Crippen molar-refractivity contribution in [1.29, 1.82) is 0 Å². The van der Waals surface area contributed by atoms with Crippen molar-refractivity contribution in [2.75, 3.05) is 0 Å². The van der Waals surface area contributed by atoms with E-state index in [0.29, 0.717) is 8.95 Å². The molecule has 0 fully saturated rings. The summed E-state index contributed by atoms with van der Waals surface area (Å²) in [5, 5.41) is -0.219. The van der Waals surface area contributed by atoms with Crippen LogP contribution in [0.2, 0.25) is 0 Å². The minimum Gasteiger partial charge on any atom is -0.683 e. The Balaban J connectivity index is 0. The van der Waals surface area contributed by atoms with Crippen LogP contribution >= 0.6 is 39.8 Å². The fourth-order valence-electron chi connectivity index (χ4n) is 0.697. The number of halogens is 2. The predicted octanol–water partition coefficient (Wildman–Crippen LogP) is -6.31. The van der Waals surface area contributed by atoms with Gasteiger partial charge in [0, 0.05) is 8.95 Å². The molecule has 1 rings (SSSR count). The van der Waals surface area contributed by atoms with Crippen molar-refractivity contribution >= 4 is 45.1 Å². The van der Waals surface area contributed by atoms with Gasteiger partial charge in [0.2, 0.25) is 0 Å². The molecule has 3 nitrogen and oxygen atoms in total. The van der Waals surface area contributed by atoms with Gasteiger partial charge in [-0.3, -0.25) is 0 Å². The third-order valence-corrected chi connectivity index (χ3v) is 2.97. The first-order valence-corrected chi connectivity index (χ1v) is 6.01. The average Bonchev–Trinajstić information content (AvgIpc) is 1.82. The maximum atomic E-state index is 10.6. The zero-order valence-corrected chi connectivity index (χ0v) is 18.0. The standard InChI is InChI=1S/C6H5Br2O3P.2K/c7-4-1-5(8)3-6(2-4)12(9,10)11;;/h1-3H,(H2,9,10,11);;/q;2*+1/p-2. The molecule has 1 aromatic carbocycles. The van der Waals surface area contributed by atoms with E-state index in [0.717, 1.165) is 0 Å². The first kappa shape index (κ1) is 20.1. The molecule has 14 heavy (non-hydrogen) atoms. The molecule has 0 saturated carbocycles. The third kappa shape index (κ3) is 7.25. The van der Waals surface area contributed by atoms with E-state index < -0.39 is 7.94 Å². The minimum absolute atomic E-state index is 0. The molecule has 0 N–H and O–H groups in total. The van der Waals surface area contributed by atoms with Gasteiger partial charge in [-0.15, -0.1) is 7.94 Å². The van der Waals surface area contributed by atoms with Crippen LogP contribution in [0.25, 0.3) is 0 Å². The van der Waals surface area contributed by atoms with E-state index in [1.807, 2.05) is 0 Å². The van der Waals surface area contributed by atoms with Gasteiger partial charge in [0.1, 0.15) is 0 Å². The predicted molar refractivity (Wildman–Crippen MR) is 48.4 cm³/mol. The summed E-state index contributed by atoms with van der Waals surface area (Å²) < 4.78 is 1.11. The van der Waals surface area contributed by atoms with Gasteiger partial charge in [-0.25, -0.2) is 0 Å². The van der Waals surface area contributed by atoms with Crippen LogP contribution in [0.1, 0.15) is 0 Å². The molecule has 0 saturated heterocycles. The molecule has 0 unspecified atom stereocenters. The van der Waals surface area contributed by atoms with Gasteiger partial charge >= 0.3 is 103 Å². The van der Waals surface area contributed by atoms with Gasteiger partial charge < -0.3 is 14.7 Å². The van der Waals surface area contributed by atoms with Crippen molar-refractivity contribution in [3.05, 3.63) is 27.1 Å². The summed E-state index contributed by atoms with van der Waals surface area (Å²) in [6.07, 6.45) is 0.